The fourth-order valence-electron chi connectivity index (χ4n) is 3.09. The summed E-state index contributed by atoms with van der Waals surface area (Å²) in [5.74, 6) is -0.797. The number of nitrogens with one attached hydrogen (secondary N) is 1. The summed E-state index contributed by atoms with van der Waals surface area (Å²) >= 11 is 0. The minimum atomic E-state index is -3.73. The Morgan fingerprint density at radius 2 is 1.14 bits per heavy atom. The van der Waals surface area contributed by atoms with Crippen molar-refractivity contribution in [3.8, 4) is 0 Å². The van der Waals surface area contributed by atoms with Gasteiger partial charge in [-0.1, -0.05) is 96.8 Å². The summed E-state index contributed by atoms with van der Waals surface area (Å²) in [6, 6.07) is 0. The first-order chi connectivity index (χ1) is 13.0. The Balaban J connectivity index is 0. The van der Waals surface area contributed by atoms with Crippen molar-refractivity contribution in [2.24, 2.45) is 0 Å². The van der Waals surface area contributed by atoms with Gasteiger partial charge in [0, 0.05) is 13.0 Å². The molecule has 0 fully saturated rings. The summed E-state index contributed by atoms with van der Waals surface area (Å²) in [6.45, 7) is 2.54. The molecule has 0 aromatic carbocycles. The van der Waals surface area contributed by atoms with E-state index in [0.717, 1.165) is 12.8 Å². The molecule has 0 amide bonds. The van der Waals surface area contributed by atoms with Crippen LogP contribution in [0.3, 0.4) is 0 Å². The first-order valence-electron chi connectivity index (χ1n) is 11.1. The van der Waals surface area contributed by atoms with Crippen LogP contribution in [0.2, 0.25) is 0 Å². The van der Waals surface area contributed by atoms with Gasteiger partial charge in [0.1, 0.15) is 0 Å². The molecule has 0 saturated heterocycles. The molecule has 0 aromatic rings. The van der Waals surface area contributed by atoms with Gasteiger partial charge in [-0.15, -0.1) is 0 Å². The second-order valence-electron chi connectivity index (χ2n) is 7.52. The monoisotopic (exact) mass is 429 g/mol. The van der Waals surface area contributed by atoms with E-state index in [-0.39, 0.29) is 48.3 Å². The zero-order valence-corrected chi connectivity index (χ0v) is 18.6. The molecular weight excluding hydrogens is 385 g/mol. The van der Waals surface area contributed by atoms with Gasteiger partial charge in [-0.2, -0.15) is 8.42 Å². The molecule has 0 heterocycles. The van der Waals surface area contributed by atoms with Gasteiger partial charge in [0.05, 0.1) is 5.75 Å². The van der Waals surface area contributed by atoms with Crippen LogP contribution in [0.25, 0.3) is 0 Å². The van der Waals surface area contributed by atoms with Gasteiger partial charge in [0.2, 0.25) is 0 Å². The molecule has 0 saturated carbocycles. The average Bonchev–Trinajstić information content (AvgIpc) is 2.63. The first kappa shape index (κ1) is 30.6. The number of carbonyl (C=O) groups excluding carboxylic acids is 1. The quantitative estimate of drug-likeness (QED) is 0.173. The molecule has 0 spiro atoms. The third-order valence-corrected chi connectivity index (χ3v) is 5.95. The molecule has 164 valence electrons. The Hall–Kier alpha value is 0.380. The molecular formula is C21H44NNaO4S. The zero-order chi connectivity index (χ0) is 20.2. The summed E-state index contributed by atoms with van der Waals surface area (Å²) in [5.41, 5.74) is 0. The molecule has 5 nitrogen and oxygen atoms in total. The van der Waals surface area contributed by atoms with Crippen LogP contribution >= 0.6 is 0 Å². The maximum atomic E-state index is 11.5. The predicted octanol–water partition coefficient (Wildman–Crippen LogP) is 4.69. The van der Waals surface area contributed by atoms with E-state index in [9.17, 15) is 13.2 Å². The van der Waals surface area contributed by atoms with Crippen LogP contribution < -0.4 is 5.32 Å². The standard InChI is InChI=1S/C21H43NO4S.Na.H/c1-3-4-5-6-7-8-9-10-11-12-13-14-15-16-17-18-21(23)26-27(24,25)20-19-22-2;;/h22H,3-20H2,1-2H3;;. The van der Waals surface area contributed by atoms with Crippen LogP contribution in [0.1, 0.15) is 110 Å². The normalized spacial score (nSPS) is 11.2. The van der Waals surface area contributed by atoms with Crippen LogP contribution in [0, 0.1) is 0 Å². The van der Waals surface area contributed by atoms with Crippen LogP contribution in [-0.2, 0) is 19.1 Å². The summed E-state index contributed by atoms with van der Waals surface area (Å²) in [4.78, 5) is 11.5. The summed E-state index contributed by atoms with van der Waals surface area (Å²) < 4.78 is 27.5. The van der Waals surface area contributed by atoms with E-state index >= 15 is 0 Å². The van der Waals surface area contributed by atoms with E-state index < -0.39 is 16.1 Å². The van der Waals surface area contributed by atoms with Gasteiger partial charge in [-0.25, -0.2) is 0 Å². The maximum absolute atomic E-state index is 11.5. The van der Waals surface area contributed by atoms with Gasteiger partial charge in [0.25, 0.3) is 0 Å². The van der Waals surface area contributed by atoms with Gasteiger partial charge in [-0.3, -0.25) is 4.79 Å². The van der Waals surface area contributed by atoms with Crippen molar-refractivity contribution in [2.75, 3.05) is 19.3 Å². The van der Waals surface area contributed by atoms with Gasteiger partial charge >= 0.3 is 45.6 Å². The van der Waals surface area contributed by atoms with E-state index in [2.05, 4.69) is 16.4 Å². The van der Waals surface area contributed by atoms with E-state index in [4.69, 9.17) is 0 Å². The SMILES string of the molecule is CCCCCCCCCCCCCCCCCC(=O)OS(=O)(=O)CCNC.[NaH]. The topological polar surface area (TPSA) is 72.5 Å². The number of hydrogen-bond donors (Lipinski definition) is 1. The molecule has 0 unspecified atom stereocenters. The molecule has 0 atom stereocenters. The Kier molecular flexibility index (Phi) is 24.1. The van der Waals surface area contributed by atoms with E-state index in [1.807, 2.05) is 0 Å². The average molecular weight is 430 g/mol. The first-order valence-corrected chi connectivity index (χ1v) is 12.7. The Morgan fingerprint density at radius 1 is 0.750 bits per heavy atom. The van der Waals surface area contributed by atoms with Crippen LogP contribution in [0.15, 0.2) is 0 Å². The molecule has 28 heavy (non-hydrogen) atoms. The van der Waals surface area contributed by atoms with Crippen LogP contribution in [0.4, 0.5) is 0 Å². The van der Waals surface area contributed by atoms with Crippen molar-refractivity contribution in [2.45, 2.75) is 110 Å². The van der Waals surface area contributed by atoms with Gasteiger partial charge < -0.3 is 9.50 Å². The number of carbonyl (C=O) groups is 1. The Morgan fingerprint density at radius 3 is 1.54 bits per heavy atom. The Labute approximate surface area is 196 Å². The number of unbranched alkanes of at least 4 members (excludes halogenated alkanes) is 14. The van der Waals surface area contributed by atoms with E-state index in [0.29, 0.717) is 6.42 Å². The van der Waals surface area contributed by atoms with Crippen molar-refractivity contribution >= 4 is 45.6 Å². The summed E-state index contributed by atoms with van der Waals surface area (Å²) in [7, 11) is -2.07. The minimum absolute atomic E-state index is 0. The molecule has 0 aromatic heterocycles. The Bertz CT molecular complexity index is 444. The fourth-order valence-corrected chi connectivity index (χ4v) is 4.00. The van der Waals surface area contributed by atoms with Crippen molar-refractivity contribution in [1.82, 2.24) is 5.32 Å². The zero-order valence-electron chi connectivity index (χ0n) is 17.8. The van der Waals surface area contributed by atoms with Crippen molar-refractivity contribution in [3.05, 3.63) is 0 Å². The second kappa shape index (κ2) is 22.1. The molecule has 7 heteroatoms. The molecule has 1 N–H and O–H groups in total. The molecule has 0 aliphatic rings. The number of rotatable bonds is 20. The predicted molar refractivity (Wildman–Crippen MR) is 121 cm³/mol. The molecule has 0 rings (SSSR count). The molecule has 0 radical (unpaired) electrons. The second-order valence-corrected chi connectivity index (χ2v) is 9.21. The van der Waals surface area contributed by atoms with Crippen molar-refractivity contribution in [3.63, 3.8) is 0 Å². The molecule has 0 aliphatic carbocycles. The van der Waals surface area contributed by atoms with Crippen LogP contribution in [0.5, 0.6) is 0 Å². The molecule has 0 bridgehead atoms. The van der Waals surface area contributed by atoms with Crippen molar-refractivity contribution in [1.29, 1.82) is 0 Å². The van der Waals surface area contributed by atoms with E-state index in [1.165, 1.54) is 77.0 Å². The van der Waals surface area contributed by atoms with Crippen molar-refractivity contribution < 1.29 is 17.4 Å². The summed E-state index contributed by atoms with van der Waals surface area (Å²) in [5, 5.41) is 2.73. The fraction of sp³-hybridized carbons (Fsp3) is 0.952. The summed E-state index contributed by atoms with van der Waals surface area (Å²) in [6.07, 6.45) is 19.1. The van der Waals surface area contributed by atoms with Crippen LogP contribution in [-0.4, -0.2) is 63.3 Å². The van der Waals surface area contributed by atoms with Gasteiger partial charge in [0.15, 0.2) is 0 Å². The third kappa shape index (κ3) is 22.7. The van der Waals surface area contributed by atoms with Gasteiger partial charge in [-0.05, 0) is 13.5 Å². The van der Waals surface area contributed by atoms with E-state index in [1.54, 1.807) is 7.05 Å². The molecule has 0 aliphatic heterocycles. The number of hydrogen-bond acceptors (Lipinski definition) is 5. The third-order valence-electron chi connectivity index (χ3n) is 4.81.